The molecule has 0 bridgehead atoms. The molecular formula is C11H20ClNO2. The van der Waals surface area contributed by atoms with Crippen molar-refractivity contribution in [2.45, 2.75) is 26.1 Å². The lowest BCUT2D eigenvalue weighted by atomic mass is 9.83. The van der Waals surface area contributed by atoms with Gasteiger partial charge in [-0.2, -0.15) is 0 Å². The van der Waals surface area contributed by atoms with Crippen LogP contribution in [0.3, 0.4) is 0 Å². The molecule has 0 aromatic carbocycles. The molecule has 1 rings (SSSR count). The van der Waals surface area contributed by atoms with Crippen molar-refractivity contribution in [3.63, 3.8) is 0 Å². The number of carbonyl (C=O) groups excluding carboxylic acids is 1. The molecule has 1 amide bonds. The Morgan fingerprint density at radius 3 is 2.73 bits per heavy atom. The Hall–Kier alpha value is -0.280. The molecule has 88 valence electrons. The monoisotopic (exact) mass is 233 g/mol. The number of amides is 1. The standard InChI is InChI=1S/C11H20ClNO2/c1-8(12)10(14)13-5-9(6-15-4)11(2,3)7-13/h8-9H,5-7H2,1-4H3/t8-,9+/m0/s1. The van der Waals surface area contributed by atoms with Crippen LogP contribution in [0.25, 0.3) is 0 Å². The Morgan fingerprint density at radius 2 is 2.27 bits per heavy atom. The van der Waals surface area contributed by atoms with Gasteiger partial charge in [0.2, 0.25) is 5.91 Å². The van der Waals surface area contributed by atoms with Crippen molar-refractivity contribution in [2.24, 2.45) is 11.3 Å². The van der Waals surface area contributed by atoms with Crippen LogP contribution in [0.2, 0.25) is 0 Å². The molecule has 0 aliphatic carbocycles. The molecule has 1 saturated heterocycles. The van der Waals surface area contributed by atoms with Gasteiger partial charge in [0.1, 0.15) is 5.38 Å². The molecule has 0 radical (unpaired) electrons. The summed E-state index contributed by atoms with van der Waals surface area (Å²) in [7, 11) is 1.70. The van der Waals surface area contributed by atoms with E-state index in [0.717, 1.165) is 13.1 Å². The molecule has 0 saturated carbocycles. The summed E-state index contributed by atoms with van der Waals surface area (Å²) < 4.78 is 5.18. The highest BCUT2D eigenvalue weighted by atomic mass is 35.5. The first-order chi connectivity index (χ1) is 6.88. The molecule has 15 heavy (non-hydrogen) atoms. The summed E-state index contributed by atoms with van der Waals surface area (Å²) in [5.41, 5.74) is 0.122. The van der Waals surface area contributed by atoms with Crippen molar-refractivity contribution in [1.82, 2.24) is 4.90 Å². The number of rotatable bonds is 3. The lowest BCUT2D eigenvalue weighted by Gasteiger charge is -2.24. The first kappa shape index (κ1) is 12.8. The Bertz CT molecular complexity index is 241. The minimum Gasteiger partial charge on any atom is -0.384 e. The predicted molar refractivity (Wildman–Crippen MR) is 61.0 cm³/mol. The van der Waals surface area contributed by atoms with Gasteiger partial charge in [-0.15, -0.1) is 11.6 Å². The van der Waals surface area contributed by atoms with Gasteiger partial charge in [-0.25, -0.2) is 0 Å². The fourth-order valence-corrected chi connectivity index (χ4v) is 2.24. The van der Waals surface area contributed by atoms with E-state index < -0.39 is 5.38 Å². The topological polar surface area (TPSA) is 29.5 Å². The number of hydrogen-bond acceptors (Lipinski definition) is 2. The van der Waals surface area contributed by atoms with Crippen LogP contribution in [0, 0.1) is 11.3 Å². The predicted octanol–water partition coefficient (Wildman–Crippen LogP) is 1.74. The van der Waals surface area contributed by atoms with Crippen LogP contribution in [-0.4, -0.2) is 43.0 Å². The zero-order valence-corrected chi connectivity index (χ0v) is 10.7. The molecule has 0 spiro atoms. The van der Waals surface area contributed by atoms with Crippen LogP contribution in [0.4, 0.5) is 0 Å². The third kappa shape index (κ3) is 2.85. The SMILES string of the molecule is COC[C@H]1CN(C(=O)[C@H](C)Cl)CC1(C)C. The lowest BCUT2D eigenvalue weighted by Crippen LogP contribution is -2.34. The number of ether oxygens (including phenoxy) is 1. The summed E-state index contributed by atoms with van der Waals surface area (Å²) in [4.78, 5) is 13.6. The van der Waals surface area contributed by atoms with Gasteiger partial charge in [-0.05, 0) is 12.3 Å². The first-order valence-electron chi connectivity index (χ1n) is 5.30. The smallest absolute Gasteiger partial charge is 0.240 e. The van der Waals surface area contributed by atoms with Crippen LogP contribution in [0.1, 0.15) is 20.8 Å². The molecule has 0 aromatic heterocycles. The van der Waals surface area contributed by atoms with Crippen molar-refractivity contribution in [1.29, 1.82) is 0 Å². The minimum atomic E-state index is -0.429. The van der Waals surface area contributed by atoms with Gasteiger partial charge in [0.05, 0.1) is 6.61 Å². The zero-order valence-electron chi connectivity index (χ0n) is 9.92. The van der Waals surface area contributed by atoms with Crippen molar-refractivity contribution >= 4 is 17.5 Å². The van der Waals surface area contributed by atoms with Crippen LogP contribution in [0.15, 0.2) is 0 Å². The maximum atomic E-state index is 11.7. The number of methoxy groups -OCH3 is 1. The van der Waals surface area contributed by atoms with Crippen LogP contribution < -0.4 is 0 Å². The molecule has 1 aliphatic heterocycles. The molecule has 3 nitrogen and oxygen atoms in total. The fourth-order valence-electron chi connectivity index (χ4n) is 2.10. The molecule has 1 heterocycles. The Morgan fingerprint density at radius 1 is 1.67 bits per heavy atom. The largest absolute Gasteiger partial charge is 0.384 e. The Balaban J connectivity index is 2.65. The molecule has 0 unspecified atom stereocenters. The van der Waals surface area contributed by atoms with Gasteiger partial charge >= 0.3 is 0 Å². The second kappa shape index (κ2) is 4.71. The summed E-state index contributed by atoms with van der Waals surface area (Å²) in [6.07, 6.45) is 0. The molecule has 0 aromatic rings. The maximum absolute atomic E-state index is 11.7. The molecule has 2 atom stereocenters. The minimum absolute atomic E-state index is 0.0309. The van der Waals surface area contributed by atoms with Crippen molar-refractivity contribution < 1.29 is 9.53 Å². The third-order valence-electron chi connectivity index (χ3n) is 3.16. The highest BCUT2D eigenvalue weighted by Gasteiger charge is 2.41. The van der Waals surface area contributed by atoms with E-state index in [2.05, 4.69) is 13.8 Å². The van der Waals surface area contributed by atoms with E-state index >= 15 is 0 Å². The quantitative estimate of drug-likeness (QED) is 0.695. The summed E-state index contributed by atoms with van der Waals surface area (Å²) in [6, 6.07) is 0. The Kier molecular flexibility index (Phi) is 4.01. The summed E-state index contributed by atoms with van der Waals surface area (Å²) >= 11 is 5.80. The number of likely N-dealkylation sites (tertiary alicyclic amines) is 1. The molecule has 4 heteroatoms. The number of hydrogen-bond donors (Lipinski definition) is 0. The van der Waals surface area contributed by atoms with Crippen molar-refractivity contribution in [3.05, 3.63) is 0 Å². The average molecular weight is 234 g/mol. The third-order valence-corrected chi connectivity index (χ3v) is 3.35. The molecule has 0 N–H and O–H groups in total. The first-order valence-corrected chi connectivity index (χ1v) is 5.74. The average Bonchev–Trinajstić information content (AvgIpc) is 2.41. The molecular weight excluding hydrogens is 214 g/mol. The van der Waals surface area contributed by atoms with Gasteiger partial charge in [0.15, 0.2) is 0 Å². The van der Waals surface area contributed by atoms with E-state index in [0.29, 0.717) is 12.5 Å². The highest BCUT2D eigenvalue weighted by Crippen LogP contribution is 2.35. The molecule has 1 aliphatic rings. The molecule has 1 fully saturated rings. The van der Waals surface area contributed by atoms with Gasteiger partial charge in [0.25, 0.3) is 0 Å². The Labute approximate surface area is 96.7 Å². The summed E-state index contributed by atoms with van der Waals surface area (Å²) in [6.45, 7) is 8.30. The second-order valence-corrected chi connectivity index (χ2v) is 5.63. The number of carbonyl (C=O) groups is 1. The van der Waals surface area contributed by atoms with E-state index in [4.69, 9.17) is 16.3 Å². The van der Waals surface area contributed by atoms with Crippen molar-refractivity contribution in [2.75, 3.05) is 26.8 Å². The van der Waals surface area contributed by atoms with Gasteiger partial charge < -0.3 is 9.64 Å². The highest BCUT2D eigenvalue weighted by molar-refractivity contribution is 6.30. The number of alkyl halides is 1. The fraction of sp³-hybridized carbons (Fsp3) is 0.909. The lowest BCUT2D eigenvalue weighted by molar-refractivity contribution is -0.129. The van der Waals surface area contributed by atoms with E-state index in [-0.39, 0.29) is 11.3 Å². The normalized spacial score (nSPS) is 26.7. The summed E-state index contributed by atoms with van der Waals surface area (Å²) in [5.74, 6) is 0.435. The summed E-state index contributed by atoms with van der Waals surface area (Å²) in [5, 5.41) is -0.429. The maximum Gasteiger partial charge on any atom is 0.240 e. The van der Waals surface area contributed by atoms with E-state index in [9.17, 15) is 4.79 Å². The van der Waals surface area contributed by atoms with E-state index in [1.54, 1.807) is 14.0 Å². The second-order valence-electron chi connectivity index (χ2n) is 4.98. The number of nitrogens with zero attached hydrogens (tertiary/aromatic N) is 1. The van der Waals surface area contributed by atoms with E-state index in [1.165, 1.54) is 0 Å². The zero-order chi connectivity index (χ0) is 11.6. The van der Waals surface area contributed by atoms with Crippen LogP contribution in [-0.2, 0) is 9.53 Å². The van der Waals surface area contributed by atoms with Gasteiger partial charge in [0, 0.05) is 26.1 Å². The van der Waals surface area contributed by atoms with Crippen molar-refractivity contribution in [3.8, 4) is 0 Å². The van der Waals surface area contributed by atoms with E-state index in [1.807, 2.05) is 4.90 Å². The van der Waals surface area contributed by atoms with Crippen LogP contribution >= 0.6 is 11.6 Å². The van der Waals surface area contributed by atoms with Gasteiger partial charge in [-0.1, -0.05) is 13.8 Å². The van der Waals surface area contributed by atoms with Gasteiger partial charge in [-0.3, -0.25) is 4.79 Å². The number of halogens is 1. The van der Waals surface area contributed by atoms with Crippen LogP contribution in [0.5, 0.6) is 0 Å².